The van der Waals surface area contributed by atoms with Gasteiger partial charge in [-0.3, -0.25) is 9.59 Å². The molecule has 8 nitrogen and oxygen atoms in total. The van der Waals surface area contributed by atoms with Crippen molar-refractivity contribution in [1.82, 2.24) is 19.5 Å². The number of hydrogen-bond donors (Lipinski definition) is 2. The molecule has 0 unspecified atom stereocenters. The van der Waals surface area contributed by atoms with E-state index in [9.17, 15) is 19.1 Å². The monoisotopic (exact) mass is 492 g/mol. The lowest BCUT2D eigenvalue weighted by Gasteiger charge is -2.22. The second-order valence-corrected chi connectivity index (χ2v) is 9.36. The Morgan fingerprint density at radius 1 is 1.17 bits per heavy atom. The van der Waals surface area contributed by atoms with Crippen LogP contribution in [-0.4, -0.2) is 31.7 Å². The minimum atomic E-state index is -1.16. The van der Waals surface area contributed by atoms with Crippen molar-refractivity contribution in [3.8, 4) is 22.8 Å². The molecular weight excluding hydrogens is 463 g/mol. The van der Waals surface area contributed by atoms with E-state index in [0.29, 0.717) is 46.0 Å². The van der Waals surface area contributed by atoms with Crippen molar-refractivity contribution in [2.24, 2.45) is 7.05 Å². The van der Waals surface area contributed by atoms with E-state index in [1.54, 1.807) is 66.1 Å². The number of hydrogen-bond acceptors (Lipinski definition) is 5. The van der Waals surface area contributed by atoms with Crippen molar-refractivity contribution < 1.29 is 19.0 Å². The van der Waals surface area contributed by atoms with Crippen LogP contribution in [0.15, 0.2) is 47.4 Å². The first kappa shape index (κ1) is 25.1. The smallest absolute Gasteiger partial charge is 0.276 e. The van der Waals surface area contributed by atoms with Gasteiger partial charge in [0.25, 0.3) is 11.5 Å². The Morgan fingerprint density at radius 2 is 1.83 bits per heavy atom. The van der Waals surface area contributed by atoms with Crippen LogP contribution in [0.4, 0.5) is 4.39 Å². The third kappa shape index (κ3) is 4.61. The molecule has 0 bridgehead atoms. The molecule has 4 aromatic rings. The number of aromatic nitrogens is 3. The number of aryl methyl sites for hydroxylation is 3. The summed E-state index contributed by atoms with van der Waals surface area (Å²) in [6.45, 7) is 9.05. The molecule has 1 amide bonds. The molecule has 0 radical (unpaired) electrons. The van der Waals surface area contributed by atoms with Crippen molar-refractivity contribution in [3.63, 3.8) is 0 Å². The predicted octanol–water partition coefficient (Wildman–Crippen LogP) is 4.23. The molecule has 2 N–H and O–H groups in total. The van der Waals surface area contributed by atoms with E-state index in [2.05, 4.69) is 10.4 Å². The molecule has 0 aliphatic rings. The number of aliphatic hydroxyl groups is 1. The van der Waals surface area contributed by atoms with E-state index >= 15 is 0 Å². The molecule has 0 aliphatic carbocycles. The maximum atomic E-state index is 13.9. The zero-order valence-corrected chi connectivity index (χ0v) is 21.1. The molecule has 0 saturated heterocycles. The molecular formula is C27H29FN4O4. The van der Waals surface area contributed by atoms with Gasteiger partial charge in [0.15, 0.2) is 5.69 Å². The molecule has 36 heavy (non-hydrogen) atoms. The maximum Gasteiger partial charge on any atom is 0.276 e. The number of amides is 1. The van der Waals surface area contributed by atoms with Crippen molar-refractivity contribution in [1.29, 1.82) is 0 Å². The second-order valence-electron chi connectivity index (χ2n) is 9.36. The first-order valence-electron chi connectivity index (χ1n) is 11.6. The highest BCUT2D eigenvalue weighted by atomic mass is 19.1. The van der Waals surface area contributed by atoms with E-state index in [4.69, 9.17) is 4.74 Å². The van der Waals surface area contributed by atoms with Crippen molar-refractivity contribution in [2.45, 2.75) is 40.2 Å². The van der Waals surface area contributed by atoms with Gasteiger partial charge in [0.2, 0.25) is 0 Å². The average Bonchev–Trinajstić information content (AvgIpc) is 3.24. The standard InChI is InChI=1S/C27H29FN4O4/c1-7-29-25(33)20-13-21-26(34)31(6)14-22(32(21)30-20)19-12-17(27(4,5)35)8-9-23(19)36-24-15(2)10-18(28)11-16(24)3/h8-14,35H,7H2,1-6H3,(H,29,33). The third-order valence-corrected chi connectivity index (χ3v) is 5.96. The minimum absolute atomic E-state index is 0.104. The molecule has 0 spiro atoms. The SMILES string of the molecule is CCNC(=O)c1cc2c(=O)n(C)cc(-c3cc(C(C)(C)O)ccc3Oc3c(C)cc(F)cc3C)n2n1. The number of carbonyl (C=O) groups is 1. The summed E-state index contributed by atoms with van der Waals surface area (Å²) in [4.78, 5) is 25.4. The van der Waals surface area contributed by atoms with Crippen molar-refractivity contribution >= 4 is 11.4 Å². The first-order chi connectivity index (χ1) is 16.9. The second kappa shape index (κ2) is 9.23. The van der Waals surface area contributed by atoms with Crippen LogP contribution in [-0.2, 0) is 12.6 Å². The lowest BCUT2D eigenvalue weighted by molar-refractivity contribution is 0.0786. The Hall–Kier alpha value is -3.98. The van der Waals surface area contributed by atoms with Crippen LogP contribution in [0.5, 0.6) is 11.5 Å². The minimum Gasteiger partial charge on any atom is -0.456 e. The number of fused-ring (bicyclic) bond motifs is 1. The summed E-state index contributed by atoms with van der Waals surface area (Å²) in [5, 5.41) is 17.8. The van der Waals surface area contributed by atoms with Crippen LogP contribution >= 0.6 is 0 Å². The number of benzene rings is 2. The van der Waals surface area contributed by atoms with Crippen LogP contribution < -0.4 is 15.6 Å². The summed E-state index contributed by atoms with van der Waals surface area (Å²) in [5.41, 5.74) is 1.68. The van der Waals surface area contributed by atoms with Gasteiger partial charge in [-0.05, 0) is 75.6 Å². The number of nitrogens with zero attached hydrogens (tertiary/aromatic N) is 3. The number of halogens is 1. The molecule has 188 valence electrons. The van der Waals surface area contributed by atoms with E-state index < -0.39 is 11.5 Å². The summed E-state index contributed by atoms with van der Waals surface area (Å²) < 4.78 is 23.0. The Labute approximate surface area is 208 Å². The van der Waals surface area contributed by atoms with Gasteiger partial charge < -0.3 is 19.7 Å². The van der Waals surface area contributed by atoms with Crippen LogP contribution in [0, 0.1) is 19.7 Å². The molecule has 2 heterocycles. The van der Waals surface area contributed by atoms with Crippen LogP contribution in [0.1, 0.15) is 48.0 Å². The largest absolute Gasteiger partial charge is 0.456 e. The Balaban J connectivity index is 2.00. The number of carbonyl (C=O) groups excluding carboxylic acids is 1. The van der Waals surface area contributed by atoms with Crippen LogP contribution in [0.3, 0.4) is 0 Å². The van der Waals surface area contributed by atoms with E-state index in [1.165, 1.54) is 27.3 Å². The molecule has 0 aliphatic heterocycles. The summed E-state index contributed by atoms with van der Waals surface area (Å²) >= 11 is 0. The van der Waals surface area contributed by atoms with Crippen molar-refractivity contribution in [3.05, 3.63) is 81.2 Å². The Bertz CT molecular complexity index is 1520. The predicted molar refractivity (Wildman–Crippen MR) is 135 cm³/mol. The van der Waals surface area contributed by atoms with Gasteiger partial charge in [-0.1, -0.05) is 6.07 Å². The fourth-order valence-electron chi connectivity index (χ4n) is 4.11. The molecule has 0 saturated carbocycles. The van der Waals surface area contributed by atoms with Gasteiger partial charge in [-0.15, -0.1) is 0 Å². The lowest BCUT2D eigenvalue weighted by atomic mass is 9.95. The van der Waals surface area contributed by atoms with E-state index in [0.717, 1.165) is 0 Å². The quantitative estimate of drug-likeness (QED) is 0.420. The summed E-state index contributed by atoms with van der Waals surface area (Å²) in [6.07, 6.45) is 1.60. The Kier molecular flexibility index (Phi) is 6.44. The molecule has 0 atom stereocenters. The molecule has 0 fully saturated rings. The third-order valence-electron chi connectivity index (χ3n) is 5.96. The van der Waals surface area contributed by atoms with Crippen molar-refractivity contribution in [2.75, 3.05) is 6.54 Å². The van der Waals surface area contributed by atoms with Gasteiger partial charge in [0.05, 0.1) is 11.3 Å². The Morgan fingerprint density at radius 3 is 2.44 bits per heavy atom. The topological polar surface area (TPSA) is 97.9 Å². The highest BCUT2D eigenvalue weighted by molar-refractivity contribution is 5.93. The molecule has 2 aromatic carbocycles. The summed E-state index contributed by atoms with van der Waals surface area (Å²) in [5.74, 6) is 0.159. The zero-order valence-electron chi connectivity index (χ0n) is 21.1. The zero-order chi connectivity index (χ0) is 26.4. The highest BCUT2D eigenvalue weighted by Gasteiger charge is 2.23. The highest BCUT2D eigenvalue weighted by Crippen LogP contribution is 2.38. The number of rotatable bonds is 6. The van der Waals surface area contributed by atoms with Crippen LogP contribution in [0.2, 0.25) is 0 Å². The normalized spacial score (nSPS) is 11.7. The number of ether oxygens (including phenoxy) is 1. The van der Waals surface area contributed by atoms with Gasteiger partial charge in [-0.2, -0.15) is 5.10 Å². The van der Waals surface area contributed by atoms with E-state index in [-0.39, 0.29) is 22.6 Å². The fourth-order valence-corrected chi connectivity index (χ4v) is 4.11. The van der Waals surface area contributed by atoms with Gasteiger partial charge in [0.1, 0.15) is 22.8 Å². The maximum absolute atomic E-state index is 13.9. The first-order valence-corrected chi connectivity index (χ1v) is 11.6. The lowest BCUT2D eigenvalue weighted by Crippen LogP contribution is -2.23. The molecule has 4 rings (SSSR count). The van der Waals surface area contributed by atoms with Gasteiger partial charge in [0, 0.05) is 31.4 Å². The molecule has 9 heteroatoms. The number of nitrogens with one attached hydrogen (secondary N) is 1. The summed E-state index contributed by atoms with van der Waals surface area (Å²) in [7, 11) is 1.61. The fraction of sp³-hybridized carbons (Fsp3) is 0.296. The van der Waals surface area contributed by atoms with Gasteiger partial charge >= 0.3 is 0 Å². The molecule has 2 aromatic heterocycles. The van der Waals surface area contributed by atoms with Crippen LogP contribution in [0.25, 0.3) is 16.8 Å². The van der Waals surface area contributed by atoms with E-state index in [1.807, 2.05) is 0 Å². The van der Waals surface area contributed by atoms with Gasteiger partial charge in [-0.25, -0.2) is 8.91 Å². The average molecular weight is 493 g/mol. The summed E-state index contributed by atoms with van der Waals surface area (Å²) in [6, 6.07) is 9.46.